The normalized spacial score (nSPS) is 23.9. The highest BCUT2D eigenvalue weighted by Crippen LogP contribution is 2.29. The summed E-state index contributed by atoms with van der Waals surface area (Å²) in [7, 11) is 0. The summed E-state index contributed by atoms with van der Waals surface area (Å²) in [5, 5.41) is 7.50. The van der Waals surface area contributed by atoms with E-state index in [1.807, 2.05) is 19.2 Å². The molecule has 0 bridgehead atoms. The largest absolute Gasteiger partial charge is 0.376 e. The fraction of sp³-hybridized carbons (Fsp3) is 0.700. The van der Waals surface area contributed by atoms with Crippen molar-refractivity contribution in [1.29, 1.82) is 0 Å². The molecule has 0 aromatic carbocycles. The van der Waals surface area contributed by atoms with E-state index >= 15 is 0 Å². The number of rotatable bonds is 5. The van der Waals surface area contributed by atoms with E-state index in [0.29, 0.717) is 23.7 Å². The molecule has 0 saturated carbocycles. The second-order valence-electron chi connectivity index (χ2n) is 8.16. The van der Waals surface area contributed by atoms with Gasteiger partial charge >= 0.3 is 0 Å². The molecule has 2 aliphatic heterocycles. The maximum Gasteiger partial charge on any atom is 0.229 e. The Morgan fingerprint density at radius 3 is 2.71 bits per heavy atom. The van der Waals surface area contributed by atoms with Crippen molar-refractivity contribution in [1.82, 2.24) is 20.1 Å². The van der Waals surface area contributed by atoms with Crippen LogP contribution in [0.25, 0.3) is 0 Å². The first-order chi connectivity index (χ1) is 13.6. The Balaban J connectivity index is 1.39. The number of aryl methyl sites for hydroxylation is 1. The van der Waals surface area contributed by atoms with Gasteiger partial charge in [-0.25, -0.2) is 4.98 Å². The van der Waals surface area contributed by atoms with Gasteiger partial charge in [0.15, 0.2) is 5.82 Å². The van der Waals surface area contributed by atoms with Gasteiger partial charge in [0.05, 0.1) is 12.1 Å². The van der Waals surface area contributed by atoms with E-state index in [9.17, 15) is 0 Å². The third-order valence-corrected chi connectivity index (χ3v) is 5.67. The Bertz CT molecular complexity index is 772. The highest BCUT2D eigenvalue weighted by molar-refractivity contribution is 5.42. The molecule has 0 aliphatic carbocycles. The predicted molar refractivity (Wildman–Crippen MR) is 106 cm³/mol. The maximum absolute atomic E-state index is 5.99. The zero-order valence-corrected chi connectivity index (χ0v) is 17.0. The zero-order chi connectivity index (χ0) is 19.5. The summed E-state index contributed by atoms with van der Waals surface area (Å²) in [4.78, 5) is 15.9. The van der Waals surface area contributed by atoms with Crippen molar-refractivity contribution >= 4 is 11.8 Å². The minimum Gasteiger partial charge on any atom is -0.376 e. The molecular formula is C20H30N6O2. The average Bonchev–Trinajstić information content (AvgIpc) is 3.15. The van der Waals surface area contributed by atoms with E-state index in [-0.39, 0.29) is 6.10 Å². The molecule has 4 heterocycles. The summed E-state index contributed by atoms with van der Waals surface area (Å²) in [6.45, 7) is 8.91. The van der Waals surface area contributed by atoms with Gasteiger partial charge in [0.25, 0.3) is 0 Å². The monoisotopic (exact) mass is 386 g/mol. The Morgan fingerprint density at radius 2 is 2.00 bits per heavy atom. The molecule has 2 atom stereocenters. The summed E-state index contributed by atoms with van der Waals surface area (Å²) in [6, 6.07) is 2.24. The van der Waals surface area contributed by atoms with Crippen LogP contribution >= 0.6 is 0 Å². The van der Waals surface area contributed by atoms with Gasteiger partial charge in [0.1, 0.15) is 5.82 Å². The van der Waals surface area contributed by atoms with Crippen molar-refractivity contribution in [3.8, 4) is 0 Å². The standard InChI is InChI=1S/C20H30N6O2/c1-13(2)18-16(5-4-12-27-18)23-17-6-9-21-20(24-17)26-10-7-15(8-11-26)19-22-14(3)25-28-19/h6,9,13,15-16,18H,4-5,7-8,10-12H2,1-3H3,(H,21,23,24)/t16-,18-/m0/s1. The van der Waals surface area contributed by atoms with Crippen molar-refractivity contribution in [2.75, 3.05) is 29.9 Å². The molecule has 8 heteroatoms. The van der Waals surface area contributed by atoms with Crippen LogP contribution in [-0.4, -0.2) is 52.0 Å². The van der Waals surface area contributed by atoms with Crippen molar-refractivity contribution in [3.63, 3.8) is 0 Å². The van der Waals surface area contributed by atoms with Gasteiger partial charge in [-0.15, -0.1) is 0 Å². The number of hydrogen-bond donors (Lipinski definition) is 1. The third kappa shape index (κ3) is 4.27. The fourth-order valence-electron chi connectivity index (χ4n) is 4.19. The number of ether oxygens (including phenoxy) is 1. The van der Waals surface area contributed by atoms with E-state index in [1.54, 1.807) is 0 Å². The molecule has 0 unspecified atom stereocenters. The number of hydrogen-bond acceptors (Lipinski definition) is 8. The van der Waals surface area contributed by atoms with Crippen molar-refractivity contribution < 1.29 is 9.26 Å². The predicted octanol–water partition coefficient (Wildman–Crippen LogP) is 3.17. The first-order valence-electron chi connectivity index (χ1n) is 10.4. The fourth-order valence-corrected chi connectivity index (χ4v) is 4.19. The van der Waals surface area contributed by atoms with Crippen molar-refractivity contribution in [3.05, 3.63) is 24.0 Å². The first-order valence-corrected chi connectivity index (χ1v) is 10.4. The molecule has 4 rings (SSSR count). The lowest BCUT2D eigenvalue weighted by Gasteiger charge is -2.35. The van der Waals surface area contributed by atoms with Gasteiger partial charge in [-0.3, -0.25) is 0 Å². The molecule has 2 saturated heterocycles. The van der Waals surface area contributed by atoms with Crippen LogP contribution in [-0.2, 0) is 4.74 Å². The number of aromatic nitrogens is 4. The minimum absolute atomic E-state index is 0.223. The molecule has 0 amide bonds. The number of nitrogens with one attached hydrogen (secondary N) is 1. The van der Waals surface area contributed by atoms with Gasteiger partial charge in [-0.05, 0) is 44.6 Å². The summed E-state index contributed by atoms with van der Waals surface area (Å²) in [6.07, 6.45) is 6.19. The van der Waals surface area contributed by atoms with E-state index in [1.165, 1.54) is 0 Å². The second-order valence-corrected chi connectivity index (χ2v) is 8.16. The smallest absolute Gasteiger partial charge is 0.229 e. The molecule has 152 valence electrons. The van der Waals surface area contributed by atoms with Crippen molar-refractivity contribution in [2.45, 2.75) is 64.5 Å². The van der Waals surface area contributed by atoms with Gasteiger partial charge in [0, 0.05) is 31.8 Å². The Hall–Kier alpha value is -2.22. The van der Waals surface area contributed by atoms with E-state index in [4.69, 9.17) is 14.2 Å². The van der Waals surface area contributed by atoms with Crippen LogP contribution in [0, 0.1) is 12.8 Å². The lowest BCUT2D eigenvalue weighted by Crippen LogP contribution is -2.43. The summed E-state index contributed by atoms with van der Waals surface area (Å²) in [5.41, 5.74) is 0. The lowest BCUT2D eigenvalue weighted by molar-refractivity contribution is -0.0203. The molecule has 1 N–H and O–H groups in total. The lowest BCUT2D eigenvalue weighted by atomic mass is 9.94. The minimum atomic E-state index is 0.223. The van der Waals surface area contributed by atoms with Crippen LogP contribution in [0.3, 0.4) is 0 Å². The van der Waals surface area contributed by atoms with Crippen LogP contribution < -0.4 is 10.2 Å². The molecule has 0 radical (unpaired) electrons. The van der Waals surface area contributed by atoms with Crippen LogP contribution in [0.15, 0.2) is 16.8 Å². The molecule has 2 fully saturated rings. The topological polar surface area (TPSA) is 89.2 Å². The van der Waals surface area contributed by atoms with E-state index in [0.717, 1.165) is 63.0 Å². The summed E-state index contributed by atoms with van der Waals surface area (Å²) in [5.74, 6) is 3.91. The van der Waals surface area contributed by atoms with Crippen LogP contribution in [0.4, 0.5) is 11.8 Å². The van der Waals surface area contributed by atoms with E-state index in [2.05, 4.69) is 39.2 Å². The van der Waals surface area contributed by atoms with Gasteiger partial charge in [-0.2, -0.15) is 9.97 Å². The number of nitrogens with zero attached hydrogens (tertiary/aromatic N) is 5. The van der Waals surface area contributed by atoms with Crippen LogP contribution in [0.1, 0.15) is 57.2 Å². The Labute approximate surface area is 166 Å². The molecule has 0 spiro atoms. The molecule has 2 aliphatic rings. The molecule has 2 aromatic rings. The molecular weight excluding hydrogens is 356 g/mol. The molecule has 28 heavy (non-hydrogen) atoms. The molecule has 8 nitrogen and oxygen atoms in total. The highest BCUT2D eigenvalue weighted by Gasteiger charge is 2.29. The van der Waals surface area contributed by atoms with E-state index < -0.39 is 0 Å². The molecule has 2 aromatic heterocycles. The number of piperidine rings is 1. The number of anilines is 2. The third-order valence-electron chi connectivity index (χ3n) is 5.67. The Kier molecular flexibility index (Phi) is 5.75. The quantitative estimate of drug-likeness (QED) is 0.838. The SMILES string of the molecule is Cc1noc(C2CCN(c3nccc(N[C@H]4CCCO[C@H]4C(C)C)n3)CC2)n1. The van der Waals surface area contributed by atoms with Crippen molar-refractivity contribution in [2.24, 2.45) is 5.92 Å². The van der Waals surface area contributed by atoms with Gasteiger partial charge in [0.2, 0.25) is 11.8 Å². The summed E-state index contributed by atoms with van der Waals surface area (Å²) < 4.78 is 11.3. The highest BCUT2D eigenvalue weighted by atomic mass is 16.5. The van der Waals surface area contributed by atoms with Crippen LogP contribution in [0.2, 0.25) is 0 Å². The van der Waals surface area contributed by atoms with Gasteiger partial charge < -0.3 is 19.5 Å². The van der Waals surface area contributed by atoms with Gasteiger partial charge in [-0.1, -0.05) is 19.0 Å². The zero-order valence-electron chi connectivity index (χ0n) is 17.0. The summed E-state index contributed by atoms with van der Waals surface area (Å²) >= 11 is 0. The Morgan fingerprint density at radius 1 is 1.18 bits per heavy atom. The maximum atomic E-state index is 5.99. The average molecular weight is 387 g/mol. The van der Waals surface area contributed by atoms with Crippen LogP contribution in [0.5, 0.6) is 0 Å². The first kappa shape index (κ1) is 19.1. The second kappa shape index (κ2) is 8.43.